The standard InChI is InChI=1S/C29H41NO3.C21H26O2.C8H15NO2.CN.CH4.B.Na/c1-5-32-28(31)24-7-6-16-30(20-24)19-21-8-9-23-18-27(13-10-22(23)17-21)33-26-14-11-25(12-15-26)29(2,3)4;1-21(2,3)18-7-10-19(11-8-18)23-20-9-6-16-12-15(14-22)4-5-17(16)13-20;1-2-11-8(10)7-4-3-5-9-6-7;1-2;;;/h8-10,13,17-18,24-26H,5-7,11-12,14-16,19-20H2,1-4H3;4-6,9,12-14,18-19H,7-8,10-11H2,1-3H3;7,9H,2-6H2,1H3;;1H4;;/q;;;-1;;;+1/t24-,25?,26?;;7-;;;;/m1.1..../s1. The number of nitrogens with one attached hydrogen (secondary N) is 1. The maximum absolute atomic E-state index is 12.1. The fourth-order valence-electron chi connectivity index (χ4n) is 10.5. The molecule has 1 N–H and O–H groups in total. The van der Waals surface area contributed by atoms with Crippen molar-refractivity contribution in [2.24, 2.45) is 34.5 Å². The van der Waals surface area contributed by atoms with Crippen LogP contribution in [0.3, 0.4) is 0 Å². The Morgan fingerprint density at radius 3 is 1.58 bits per heavy atom. The normalized spacial score (nSPS) is 22.1. The van der Waals surface area contributed by atoms with Crippen molar-refractivity contribution in [3.05, 3.63) is 90.5 Å². The third kappa shape index (κ3) is 20.1. The molecule has 10 nitrogen and oxygen atoms in total. The monoisotopic (exact) mass is 995 g/mol. The summed E-state index contributed by atoms with van der Waals surface area (Å²) in [5.41, 5.74) is 2.82. The Morgan fingerprint density at radius 2 is 1.11 bits per heavy atom. The van der Waals surface area contributed by atoms with Gasteiger partial charge < -0.3 is 36.1 Å². The average Bonchev–Trinajstić information content (AvgIpc) is 3.35. The van der Waals surface area contributed by atoms with Crippen molar-refractivity contribution < 1.29 is 62.9 Å². The molecule has 2 aliphatic carbocycles. The van der Waals surface area contributed by atoms with Gasteiger partial charge in [0.1, 0.15) is 17.8 Å². The summed E-state index contributed by atoms with van der Waals surface area (Å²) in [6.07, 6.45) is 15.2. The molecule has 0 bridgehead atoms. The molecule has 0 spiro atoms. The van der Waals surface area contributed by atoms with Gasteiger partial charge in [0, 0.05) is 33.6 Å². The Hall–Kier alpha value is -3.92. The molecule has 12 heteroatoms. The van der Waals surface area contributed by atoms with Crippen molar-refractivity contribution in [1.29, 1.82) is 5.26 Å². The van der Waals surface area contributed by atoms with Crippen molar-refractivity contribution in [2.45, 2.75) is 159 Å². The number of ether oxygens (including phenoxy) is 4. The quantitative estimate of drug-likeness (QED) is 0.0672. The summed E-state index contributed by atoms with van der Waals surface area (Å²) in [7, 11) is 0. The van der Waals surface area contributed by atoms with Crippen LogP contribution in [-0.2, 0) is 25.6 Å². The molecule has 2 saturated carbocycles. The first-order chi connectivity index (χ1) is 33.1. The van der Waals surface area contributed by atoms with Gasteiger partial charge in [-0.15, -0.1) is 0 Å². The number of rotatable bonds is 11. The number of esters is 2. The number of fused-ring (bicyclic) bond motifs is 2. The Labute approximate surface area is 458 Å². The van der Waals surface area contributed by atoms with Crippen LogP contribution in [0.5, 0.6) is 11.5 Å². The van der Waals surface area contributed by atoms with Gasteiger partial charge in [0.05, 0.1) is 37.3 Å². The fraction of sp³-hybridized carbons (Fsp3) is 0.600. The molecule has 72 heavy (non-hydrogen) atoms. The van der Waals surface area contributed by atoms with Gasteiger partial charge in [-0.2, -0.15) is 0 Å². The molecule has 0 aromatic heterocycles. The zero-order chi connectivity index (χ0) is 50.0. The molecule has 0 unspecified atom stereocenters. The molecule has 2 aliphatic heterocycles. The molecule has 4 aromatic rings. The Kier molecular flexibility index (Phi) is 28.3. The summed E-state index contributed by atoms with van der Waals surface area (Å²) in [5.74, 6) is 3.57. The largest absolute Gasteiger partial charge is 1.00 e. The topological polar surface area (TPSA) is 127 Å². The van der Waals surface area contributed by atoms with Gasteiger partial charge >= 0.3 is 41.5 Å². The molecule has 4 aliphatic rings. The zero-order valence-corrected chi connectivity index (χ0v) is 46.7. The van der Waals surface area contributed by atoms with E-state index in [0.29, 0.717) is 41.8 Å². The van der Waals surface area contributed by atoms with Gasteiger partial charge in [-0.3, -0.25) is 19.3 Å². The number of aldehydes is 1. The third-order valence-corrected chi connectivity index (χ3v) is 14.7. The smallest absolute Gasteiger partial charge is 0.512 e. The van der Waals surface area contributed by atoms with Gasteiger partial charge in [0.25, 0.3) is 0 Å². The summed E-state index contributed by atoms with van der Waals surface area (Å²) in [6.45, 7) is 28.1. The van der Waals surface area contributed by atoms with E-state index in [-0.39, 0.29) is 69.2 Å². The number of carbonyl (C=O) groups is 3. The summed E-state index contributed by atoms with van der Waals surface area (Å²) in [6, 6.07) is 25.1. The van der Waals surface area contributed by atoms with Crippen LogP contribution in [0.25, 0.3) is 21.5 Å². The molecule has 3 radical (unpaired) electrons. The SMILES string of the molecule is C.CC(C)(C)C1CCC(Oc2ccc3cc(C=O)ccc3c2)CC1.CCOC(=O)[C@@H]1CCCN(Cc2ccc3cc(OC4CCC(C(C)(C)C)CC4)ccc3c2)C1.CCOC(=O)[C@@H]1CCCNC1.[B].[C-]#N.[Na+]. The first kappa shape index (κ1) is 64.2. The molecule has 8 rings (SSSR count). The van der Waals surface area contributed by atoms with Crippen molar-refractivity contribution in [3.8, 4) is 11.5 Å². The van der Waals surface area contributed by atoms with E-state index in [4.69, 9.17) is 30.8 Å². The van der Waals surface area contributed by atoms with Gasteiger partial charge in [-0.25, -0.2) is 0 Å². The fourth-order valence-corrected chi connectivity index (χ4v) is 10.5. The van der Waals surface area contributed by atoms with E-state index in [1.165, 1.54) is 42.0 Å². The molecular formula is C60H86BN3NaO7. The van der Waals surface area contributed by atoms with Gasteiger partial charge in [0.15, 0.2) is 0 Å². The minimum absolute atomic E-state index is 0. The minimum atomic E-state index is -0.0419. The van der Waals surface area contributed by atoms with Crippen LogP contribution in [-0.4, -0.2) is 83.1 Å². The van der Waals surface area contributed by atoms with E-state index in [0.717, 1.165) is 124 Å². The predicted octanol–water partition coefficient (Wildman–Crippen LogP) is 10.1. The van der Waals surface area contributed by atoms with Crippen LogP contribution < -0.4 is 44.3 Å². The van der Waals surface area contributed by atoms with Crippen molar-refractivity contribution in [3.63, 3.8) is 0 Å². The van der Waals surface area contributed by atoms with Crippen molar-refractivity contribution in [1.82, 2.24) is 10.2 Å². The van der Waals surface area contributed by atoms with E-state index < -0.39 is 0 Å². The number of benzene rings is 4. The first-order valence-corrected chi connectivity index (χ1v) is 26.0. The van der Waals surface area contributed by atoms with Crippen LogP contribution >= 0.6 is 0 Å². The molecular weight excluding hydrogens is 908 g/mol. The van der Waals surface area contributed by atoms with Crippen LogP contribution in [0.2, 0.25) is 0 Å². The van der Waals surface area contributed by atoms with Gasteiger partial charge in [0.2, 0.25) is 0 Å². The van der Waals surface area contributed by atoms with Crippen LogP contribution in [0, 0.1) is 46.3 Å². The minimum Gasteiger partial charge on any atom is -0.512 e. The van der Waals surface area contributed by atoms with Crippen LogP contribution in [0.4, 0.5) is 0 Å². The molecule has 387 valence electrons. The number of hydrogen-bond acceptors (Lipinski definition) is 10. The zero-order valence-electron chi connectivity index (χ0n) is 44.7. The summed E-state index contributed by atoms with van der Waals surface area (Å²) in [4.78, 5) is 36.5. The number of nitrogens with zero attached hydrogens (tertiary/aromatic N) is 2. The molecule has 2 saturated heterocycles. The molecule has 2 atom stereocenters. The van der Waals surface area contributed by atoms with Crippen molar-refractivity contribution in [2.75, 3.05) is 39.4 Å². The Bertz CT molecular complexity index is 2250. The van der Waals surface area contributed by atoms with E-state index in [1.807, 2.05) is 44.2 Å². The Morgan fingerprint density at radius 1 is 0.653 bits per heavy atom. The number of likely N-dealkylation sites (tertiary alicyclic amines) is 1. The number of hydrogen-bond donors (Lipinski definition) is 1. The predicted molar refractivity (Wildman–Crippen MR) is 289 cm³/mol. The molecule has 4 aromatic carbocycles. The molecule has 2 heterocycles. The second-order valence-electron chi connectivity index (χ2n) is 21.8. The van der Waals surface area contributed by atoms with E-state index in [2.05, 4.69) is 94.2 Å². The number of carbonyl (C=O) groups excluding carboxylic acids is 3. The van der Waals surface area contributed by atoms with Crippen molar-refractivity contribution >= 4 is 48.2 Å². The maximum Gasteiger partial charge on any atom is 1.00 e. The van der Waals surface area contributed by atoms with E-state index in [1.54, 1.807) is 0 Å². The van der Waals surface area contributed by atoms with E-state index >= 15 is 0 Å². The van der Waals surface area contributed by atoms with Gasteiger partial charge in [-0.05, 0) is 190 Å². The molecule has 4 fully saturated rings. The van der Waals surface area contributed by atoms with E-state index in [9.17, 15) is 14.4 Å². The second-order valence-corrected chi connectivity index (χ2v) is 21.8. The molecule has 0 amide bonds. The Balaban J connectivity index is 0.000000396. The number of piperidine rings is 2. The maximum atomic E-state index is 12.1. The van der Waals surface area contributed by atoms with Crippen LogP contribution in [0.15, 0.2) is 72.8 Å². The first-order valence-electron chi connectivity index (χ1n) is 26.0. The summed E-state index contributed by atoms with van der Waals surface area (Å²) < 4.78 is 22.7. The summed E-state index contributed by atoms with van der Waals surface area (Å²) in [5, 5.41) is 14.1. The average molecular weight is 995 g/mol. The third-order valence-electron chi connectivity index (χ3n) is 14.7. The van der Waals surface area contributed by atoms with Gasteiger partial charge in [-0.1, -0.05) is 85.4 Å². The summed E-state index contributed by atoms with van der Waals surface area (Å²) >= 11 is 0. The second kappa shape index (κ2) is 31.7. The van der Waals surface area contributed by atoms with Crippen LogP contribution in [0.1, 0.15) is 156 Å².